The molecule has 0 aliphatic carbocycles. The van der Waals surface area contributed by atoms with Crippen molar-refractivity contribution in [2.45, 2.75) is 6.92 Å². The second-order valence-electron chi connectivity index (χ2n) is 13.0. The van der Waals surface area contributed by atoms with Gasteiger partial charge in [0.25, 0.3) is 0 Å². The number of allylic oxidation sites excluding steroid dienone is 2. The Kier molecular flexibility index (Phi) is 6.55. The van der Waals surface area contributed by atoms with Gasteiger partial charge >= 0.3 is 0 Å². The molecule has 6 aromatic carbocycles. The largest absolute Gasteiger partial charge is 0.309 e. The van der Waals surface area contributed by atoms with Crippen molar-refractivity contribution in [3.63, 3.8) is 0 Å². The van der Waals surface area contributed by atoms with Crippen molar-refractivity contribution < 1.29 is 0 Å². The van der Waals surface area contributed by atoms with Gasteiger partial charge in [0.1, 0.15) is 0 Å². The molecule has 0 unspecified atom stereocenters. The summed E-state index contributed by atoms with van der Waals surface area (Å²) < 4.78 is 4.88. The molecule has 0 bridgehead atoms. The Balaban J connectivity index is 1.29. The fraction of sp³-hybridized carbons (Fsp3) is 0.0435. The molecule has 5 heteroatoms. The Labute approximate surface area is 295 Å². The molecule has 10 rings (SSSR count). The maximum Gasteiger partial charge on any atom is 0.0783 e. The highest BCUT2D eigenvalue weighted by atomic mass is 15.2. The number of hydrogen-bond donors (Lipinski definition) is 0. The smallest absolute Gasteiger partial charge is 0.0783 e. The van der Waals surface area contributed by atoms with Crippen molar-refractivity contribution in [3.8, 4) is 22.5 Å². The van der Waals surface area contributed by atoms with Crippen LogP contribution in [0.2, 0.25) is 0 Å². The number of pyridine rings is 1. The van der Waals surface area contributed by atoms with E-state index in [2.05, 4.69) is 170 Å². The lowest BCUT2D eigenvalue weighted by atomic mass is 9.97. The first-order chi connectivity index (χ1) is 25.2. The number of nitrogens with zero attached hydrogens (tertiary/aromatic N) is 5. The number of aromatic nitrogens is 3. The highest BCUT2D eigenvalue weighted by Crippen LogP contribution is 2.51. The Hall–Kier alpha value is -6.72. The molecular weight excluding hydrogens is 623 g/mol. The first kappa shape index (κ1) is 29.2. The minimum absolute atomic E-state index is 1.07. The van der Waals surface area contributed by atoms with Gasteiger partial charge < -0.3 is 14.0 Å². The summed E-state index contributed by atoms with van der Waals surface area (Å²) in [6.07, 6.45) is 7.82. The van der Waals surface area contributed by atoms with Gasteiger partial charge in [0.15, 0.2) is 0 Å². The summed E-state index contributed by atoms with van der Waals surface area (Å²) >= 11 is 0. The Morgan fingerprint density at radius 1 is 0.569 bits per heavy atom. The van der Waals surface area contributed by atoms with E-state index in [1.54, 1.807) is 0 Å². The zero-order chi connectivity index (χ0) is 34.1. The molecule has 1 aliphatic heterocycles. The van der Waals surface area contributed by atoms with E-state index in [-0.39, 0.29) is 0 Å². The van der Waals surface area contributed by atoms with Crippen LogP contribution in [-0.2, 0) is 0 Å². The molecule has 0 saturated carbocycles. The SMILES string of the molecule is C/C=C(\C=N/C)c1cc(-c2cccnc2)cc(N2c3ccccc3-n3c4cc5c6ccccc6n(-c6ccccc6)c5cc4c4cccc2c43)c1. The number of anilines is 3. The van der Waals surface area contributed by atoms with Crippen LogP contribution in [0.4, 0.5) is 17.1 Å². The molecule has 4 heterocycles. The van der Waals surface area contributed by atoms with E-state index in [0.717, 1.165) is 50.7 Å². The van der Waals surface area contributed by atoms with Gasteiger partial charge in [0, 0.05) is 64.1 Å². The third-order valence-corrected chi connectivity index (χ3v) is 10.3. The van der Waals surface area contributed by atoms with Crippen molar-refractivity contribution >= 4 is 72.5 Å². The van der Waals surface area contributed by atoms with Crippen LogP contribution < -0.4 is 4.90 Å². The van der Waals surface area contributed by atoms with E-state index in [9.17, 15) is 0 Å². The highest BCUT2D eigenvalue weighted by Gasteiger charge is 2.29. The van der Waals surface area contributed by atoms with Crippen LogP contribution >= 0.6 is 0 Å². The summed E-state index contributed by atoms with van der Waals surface area (Å²) in [4.78, 5) is 11.3. The summed E-state index contributed by atoms with van der Waals surface area (Å²) in [5.41, 5.74) is 14.8. The molecule has 1 aliphatic rings. The molecule has 9 aromatic rings. The van der Waals surface area contributed by atoms with Crippen LogP contribution in [0.1, 0.15) is 12.5 Å². The summed E-state index contributed by atoms with van der Waals surface area (Å²) in [5.74, 6) is 0. The van der Waals surface area contributed by atoms with Gasteiger partial charge in [-0.25, -0.2) is 0 Å². The quantitative estimate of drug-likeness (QED) is 0.173. The van der Waals surface area contributed by atoms with Crippen LogP contribution in [0.5, 0.6) is 0 Å². The van der Waals surface area contributed by atoms with Gasteiger partial charge in [-0.05, 0) is 96.4 Å². The average molecular weight is 656 g/mol. The zero-order valence-electron chi connectivity index (χ0n) is 28.3. The Morgan fingerprint density at radius 3 is 2.10 bits per heavy atom. The van der Waals surface area contributed by atoms with Crippen molar-refractivity contribution in [2.24, 2.45) is 4.99 Å². The lowest BCUT2D eigenvalue weighted by molar-refractivity contribution is 1.11. The standard InChI is InChI=1S/C46H33N5/c1-3-30(28-47-2)32-23-33(31-13-12-22-48-29-31)25-35(24-32)50-41-19-9-10-20-42(41)51-45-26-38-36-16-7-8-18-40(36)49(34-14-5-4-6-15-34)44(38)27-39(45)37-17-11-21-43(50)46(37)51/h3-29H,1-2H3/b30-3+,47-28-. The third-order valence-electron chi connectivity index (χ3n) is 10.3. The fourth-order valence-electron chi connectivity index (χ4n) is 8.11. The lowest BCUT2D eigenvalue weighted by Gasteiger charge is -2.33. The summed E-state index contributed by atoms with van der Waals surface area (Å²) in [7, 11) is 1.82. The monoisotopic (exact) mass is 655 g/mol. The number of fused-ring (bicyclic) bond motifs is 8. The molecule has 0 fully saturated rings. The van der Waals surface area contributed by atoms with Crippen molar-refractivity contribution in [1.82, 2.24) is 14.1 Å². The van der Waals surface area contributed by atoms with Gasteiger partial charge in [-0.1, -0.05) is 72.8 Å². The number of benzene rings is 6. The normalized spacial score (nSPS) is 12.9. The second kappa shape index (κ2) is 11.4. The number of para-hydroxylation sites is 5. The molecule has 5 nitrogen and oxygen atoms in total. The van der Waals surface area contributed by atoms with E-state index in [1.165, 1.54) is 43.6 Å². The molecule has 0 saturated heterocycles. The summed E-state index contributed by atoms with van der Waals surface area (Å²) in [6, 6.07) is 50.7. The minimum Gasteiger partial charge on any atom is -0.309 e. The first-order valence-electron chi connectivity index (χ1n) is 17.3. The number of aliphatic imine (C=N–C) groups is 1. The molecule has 51 heavy (non-hydrogen) atoms. The van der Waals surface area contributed by atoms with E-state index >= 15 is 0 Å². The van der Waals surface area contributed by atoms with Crippen molar-refractivity contribution in [2.75, 3.05) is 11.9 Å². The lowest BCUT2D eigenvalue weighted by Crippen LogP contribution is -2.18. The number of hydrogen-bond acceptors (Lipinski definition) is 3. The van der Waals surface area contributed by atoms with Gasteiger partial charge in [-0.3, -0.25) is 9.98 Å². The molecule has 0 amide bonds. The van der Waals surface area contributed by atoms with E-state index in [1.807, 2.05) is 31.7 Å². The van der Waals surface area contributed by atoms with Gasteiger partial charge in [0.2, 0.25) is 0 Å². The van der Waals surface area contributed by atoms with Crippen LogP contribution in [0.3, 0.4) is 0 Å². The molecule has 0 radical (unpaired) electrons. The van der Waals surface area contributed by atoms with E-state index in [4.69, 9.17) is 0 Å². The predicted octanol–water partition coefficient (Wildman–Crippen LogP) is 11.8. The van der Waals surface area contributed by atoms with Crippen LogP contribution in [-0.4, -0.2) is 27.4 Å². The zero-order valence-corrected chi connectivity index (χ0v) is 28.3. The maximum atomic E-state index is 4.46. The molecule has 3 aromatic heterocycles. The highest BCUT2D eigenvalue weighted by molar-refractivity contribution is 6.22. The molecule has 242 valence electrons. The van der Waals surface area contributed by atoms with Crippen LogP contribution in [0.25, 0.3) is 71.7 Å². The maximum absolute atomic E-state index is 4.46. The predicted molar refractivity (Wildman–Crippen MR) is 215 cm³/mol. The fourth-order valence-corrected chi connectivity index (χ4v) is 8.11. The van der Waals surface area contributed by atoms with E-state index in [0.29, 0.717) is 0 Å². The van der Waals surface area contributed by atoms with Crippen molar-refractivity contribution in [1.29, 1.82) is 0 Å². The molecule has 0 N–H and O–H groups in total. The Bertz CT molecular complexity index is 2870. The molecule has 0 spiro atoms. The Morgan fingerprint density at radius 2 is 1.29 bits per heavy atom. The van der Waals surface area contributed by atoms with Crippen molar-refractivity contribution in [3.05, 3.63) is 164 Å². The molecule has 0 atom stereocenters. The molecular formula is C46H33N5. The first-order valence-corrected chi connectivity index (χ1v) is 17.3. The van der Waals surface area contributed by atoms with E-state index < -0.39 is 0 Å². The third kappa shape index (κ3) is 4.35. The summed E-state index contributed by atoms with van der Waals surface area (Å²) in [5, 5.41) is 4.95. The van der Waals surface area contributed by atoms with Crippen LogP contribution in [0, 0.1) is 0 Å². The van der Waals surface area contributed by atoms with Gasteiger partial charge in [-0.15, -0.1) is 0 Å². The minimum atomic E-state index is 1.07. The van der Waals surface area contributed by atoms with Gasteiger partial charge in [-0.2, -0.15) is 0 Å². The number of rotatable bonds is 5. The average Bonchev–Trinajstić information content (AvgIpc) is 3.69. The summed E-state index contributed by atoms with van der Waals surface area (Å²) in [6.45, 7) is 2.07. The van der Waals surface area contributed by atoms with Crippen LogP contribution in [0.15, 0.2) is 163 Å². The second-order valence-corrected chi connectivity index (χ2v) is 13.0. The van der Waals surface area contributed by atoms with Gasteiger partial charge in [0.05, 0.1) is 39.1 Å². The topological polar surface area (TPSA) is 38.4 Å².